The Morgan fingerprint density at radius 1 is 1.60 bits per heavy atom. The lowest BCUT2D eigenvalue weighted by molar-refractivity contribution is 0.0934. The lowest BCUT2D eigenvalue weighted by Gasteiger charge is -2.14. The molecule has 110 valence electrons. The predicted molar refractivity (Wildman–Crippen MR) is 75.3 cm³/mol. The van der Waals surface area contributed by atoms with Gasteiger partial charge in [-0.15, -0.1) is 0 Å². The zero-order valence-corrected chi connectivity index (χ0v) is 11.8. The number of benzene rings is 1. The summed E-state index contributed by atoms with van der Waals surface area (Å²) < 4.78 is 19.2. The normalized spacial score (nSPS) is 19.1. The van der Waals surface area contributed by atoms with Gasteiger partial charge in [-0.1, -0.05) is 0 Å². The Morgan fingerprint density at radius 3 is 2.95 bits per heavy atom. The maximum Gasteiger partial charge on any atom is 0.254 e. The molecule has 1 atom stereocenters. The summed E-state index contributed by atoms with van der Waals surface area (Å²) in [5.41, 5.74) is 5.82. The van der Waals surface area contributed by atoms with Gasteiger partial charge in [0.05, 0.1) is 17.9 Å². The zero-order valence-electron chi connectivity index (χ0n) is 11.8. The van der Waals surface area contributed by atoms with E-state index in [0.717, 1.165) is 25.6 Å². The number of nitrogens with one attached hydrogen (secondary N) is 1. The lowest BCUT2D eigenvalue weighted by Crippen LogP contribution is -2.36. The second kappa shape index (κ2) is 6.09. The fraction of sp³-hybridized carbons (Fsp3) is 0.500. The van der Waals surface area contributed by atoms with Crippen LogP contribution in [0.5, 0.6) is 5.75 Å². The molecule has 1 aliphatic heterocycles. The van der Waals surface area contributed by atoms with Gasteiger partial charge in [0, 0.05) is 18.7 Å². The molecule has 0 aromatic heterocycles. The summed E-state index contributed by atoms with van der Waals surface area (Å²) >= 11 is 0. The molecule has 1 aliphatic rings. The molecule has 1 amide bonds. The number of hydrogen-bond acceptors (Lipinski definition) is 4. The van der Waals surface area contributed by atoms with Gasteiger partial charge in [0.15, 0.2) is 0 Å². The van der Waals surface area contributed by atoms with E-state index in [1.807, 2.05) is 7.05 Å². The number of carbonyl (C=O) groups is 1. The summed E-state index contributed by atoms with van der Waals surface area (Å²) in [6.07, 6.45) is 0.872. The Labute approximate surface area is 117 Å². The summed E-state index contributed by atoms with van der Waals surface area (Å²) in [6.45, 7) is 3.92. The highest BCUT2D eigenvalue weighted by Gasteiger charge is 2.23. The molecule has 0 saturated carbocycles. The number of halogens is 1. The fourth-order valence-electron chi connectivity index (χ4n) is 2.34. The van der Waals surface area contributed by atoms with E-state index in [-0.39, 0.29) is 17.3 Å². The first-order valence-electron chi connectivity index (χ1n) is 6.72. The van der Waals surface area contributed by atoms with Crippen molar-refractivity contribution in [1.29, 1.82) is 0 Å². The molecule has 6 heteroatoms. The first-order valence-corrected chi connectivity index (χ1v) is 6.72. The van der Waals surface area contributed by atoms with Crippen LogP contribution in [0, 0.1) is 5.82 Å². The lowest BCUT2D eigenvalue weighted by atomic mass is 10.1. The fourth-order valence-corrected chi connectivity index (χ4v) is 2.34. The van der Waals surface area contributed by atoms with Crippen molar-refractivity contribution >= 4 is 11.6 Å². The van der Waals surface area contributed by atoms with Crippen molar-refractivity contribution in [3.8, 4) is 5.75 Å². The first-order chi connectivity index (χ1) is 9.51. The third-order valence-corrected chi connectivity index (χ3v) is 3.37. The maximum atomic E-state index is 13.9. The molecule has 1 aromatic rings. The van der Waals surface area contributed by atoms with E-state index in [1.165, 1.54) is 6.07 Å². The van der Waals surface area contributed by atoms with Gasteiger partial charge in [0.25, 0.3) is 5.91 Å². The van der Waals surface area contributed by atoms with E-state index in [4.69, 9.17) is 10.5 Å². The Balaban J connectivity index is 2.14. The van der Waals surface area contributed by atoms with Gasteiger partial charge in [-0.05, 0) is 33.0 Å². The summed E-state index contributed by atoms with van der Waals surface area (Å²) in [5, 5.41) is 2.84. The average molecular weight is 281 g/mol. The molecule has 0 bridgehead atoms. The van der Waals surface area contributed by atoms with Crippen LogP contribution in [0.3, 0.4) is 0 Å². The van der Waals surface area contributed by atoms with Gasteiger partial charge < -0.3 is 20.7 Å². The quantitative estimate of drug-likeness (QED) is 0.815. The Kier molecular flexibility index (Phi) is 4.44. The molecule has 20 heavy (non-hydrogen) atoms. The van der Waals surface area contributed by atoms with E-state index in [1.54, 1.807) is 6.92 Å². The van der Waals surface area contributed by atoms with Crippen molar-refractivity contribution in [3.63, 3.8) is 0 Å². The van der Waals surface area contributed by atoms with E-state index in [9.17, 15) is 9.18 Å². The molecule has 1 saturated heterocycles. The minimum Gasteiger partial charge on any atom is -0.492 e. The van der Waals surface area contributed by atoms with E-state index in [0.29, 0.717) is 12.4 Å². The third-order valence-electron chi connectivity index (χ3n) is 3.37. The minimum atomic E-state index is -0.630. The van der Waals surface area contributed by atoms with Gasteiger partial charge in [-0.3, -0.25) is 4.79 Å². The molecule has 3 N–H and O–H groups in total. The second-order valence-corrected chi connectivity index (χ2v) is 5.02. The number of nitrogen functional groups attached to an aromatic ring is 1. The molecule has 0 spiro atoms. The van der Waals surface area contributed by atoms with Crippen molar-refractivity contribution in [2.75, 3.05) is 32.5 Å². The smallest absolute Gasteiger partial charge is 0.254 e. The van der Waals surface area contributed by atoms with Gasteiger partial charge >= 0.3 is 0 Å². The average Bonchev–Trinajstić information content (AvgIpc) is 2.78. The second-order valence-electron chi connectivity index (χ2n) is 5.02. The number of nitrogens with zero attached hydrogens (tertiary/aromatic N) is 1. The van der Waals surface area contributed by atoms with Gasteiger partial charge in [-0.25, -0.2) is 4.39 Å². The monoisotopic (exact) mass is 281 g/mol. The highest BCUT2D eigenvalue weighted by atomic mass is 19.1. The number of likely N-dealkylation sites (tertiary alicyclic amines) is 1. The molecule has 2 rings (SSSR count). The molecular weight excluding hydrogens is 261 g/mol. The van der Waals surface area contributed by atoms with E-state index < -0.39 is 11.7 Å². The standard InChI is InChI=1S/C14H20FN3O2/c1-3-20-13-6-10(11(15)7-12(13)16)14(19)17-9-4-5-18(2)8-9/h6-7,9H,3-5,8,16H2,1-2H3,(H,17,19)/t9-/m1/s1. The van der Waals surface area contributed by atoms with Crippen molar-refractivity contribution in [2.24, 2.45) is 0 Å². The number of ether oxygens (including phenoxy) is 1. The van der Waals surface area contributed by atoms with E-state index >= 15 is 0 Å². The highest BCUT2D eigenvalue weighted by molar-refractivity contribution is 5.95. The van der Waals surface area contributed by atoms with Gasteiger partial charge in [0.2, 0.25) is 0 Å². The van der Waals surface area contributed by atoms with Crippen LogP contribution >= 0.6 is 0 Å². The third kappa shape index (κ3) is 3.19. The van der Waals surface area contributed by atoms with E-state index in [2.05, 4.69) is 10.2 Å². The van der Waals surface area contributed by atoms with Crippen LogP contribution in [0.1, 0.15) is 23.7 Å². The largest absolute Gasteiger partial charge is 0.492 e. The van der Waals surface area contributed by atoms with Crippen LogP contribution in [0.25, 0.3) is 0 Å². The molecule has 1 aromatic carbocycles. The highest BCUT2D eigenvalue weighted by Crippen LogP contribution is 2.25. The van der Waals surface area contributed by atoms with Crippen LogP contribution < -0.4 is 15.8 Å². The Morgan fingerprint density at radius 2 is 2.35 bits per heavy atom. The number of likely N-dealkylation sites (N-methyl/N-ethyl adjacent to an activating group) is 1. The Bertz CT molecular complexity index is 507. The van der Waals surface area contributed by atoms with Crippen LogP contribution in [0.2, 0.25) is 0 Å². The number of nitrogens with two attached hydrogens (primary N) is 1. The number of amides is 1. The zero-order chi connectivity index (χ0) is 14.7. The van der Waals surface area contributed by atoms with Crippen molar-refractivity contribution in [1.82, 2.24) is 10.2 Å². The van der Waals surface area contributed by atoms with Crippen LogP contribution in [0.15, 0.2) is 12.1 Å². The van der Waals surface area contributed by atoms with Crippen LogP contribution in [-0.4, -0.2) is 43.6 Å². The van der Waals surface area contributed by atoms with Crippen LogP contribution in [-0.2, 0) is 0 Å². The SMILES string of the molecule is CCOc1cc(C(=O)N[C@@H]2CCN(C)C2)c(F)cc1N. The molecule has 0 unspecified atom stereocenters. The summed E-state index contributed by atoms with van der Waals surface area (Å²) in [5.74, 6) is -0.721. The van der Waals surface area contributed by atoms with Crippen LogP contribution in [0.4, 0.5) is 10.1 Å². The number of anilines is 1. The van der Waals surface area contributed by atoms with Gasteiger partial charge in [0.1, 0.15) is 11.6 Å². The molecule has 0 aliphatic carbocycles. The molecule has 0 radical (unpaired) electrons. The van der Waals surface area contributed by atoms with Crippen molar-refractivity contribution in [2.45, 2.75) is 19.4 Å². The molecule has 1 heterocycles. The topological polar surface area (TPSA) is 67.6 Å². The predicted octanol–water partition coefficient (Wildman–Crippen LogP) is 1.24. The van der Waals surface area contributed by atoms with Gasteiger partial charge in [-0.2, -0.15) is 0 Å². The Hall–Kier alpha value is -1.82. The maximum absolute atomic E-state index is 13.9. The van der Waals surface area contributed by atoms with Crippen molar-refractivity contribution in [3.05, 3.63) is 23.5 Å². The first kappa shape index (κ1) is 14.6. The van der Waals surface area contributed by atoms with Crippen molar-refractivity contribution < 1.29 is 13.9 Å². The number of carbonyl (C=O) groups excluding carboxylic acids is 1. The summed E-state index contributed by atoms with van der Waals surface area (Å²) in [4.78, 5) is 14.3. The minimum absolute atomic E-state index is 0.0304. The number of hydrogen-bond donors (Lipinski definition) is 2. The molecule has 1 fully saturated rings. The molecule has 5 nitrogen and oxygen atoms in total. The molecular formula is C14H20FN3O2. The summed E-state index contributed by atoms with van der Waals surface area (Å²) in [6, 6.07) is 2.54. The number of rotatable bonds is 4. The summed E-state index contributed by atoms with van der Waals surface area (Å²) in [7, 11) is 1.99.